The van der Waals surface area contributed by atoms with Crippen LogP contribution in [0, 0.1) is 11.8 Å². The molecule has 168 valence electrons. The number of sulfone groups is 1. The lowest BCUT2D eigenvalue weighted by Crippen LogP contribution is -2.14. The molecule has 0 radical (unpaired) electrons. The molecule has 8 nitrogen and oxygen atoms in total. The number of hydrogen-bond donors (Lipinski definition) is 3. The third-order valence-electron chi connectivity index (χ3n) is 3.97. The van der Waals surface area contributed by atoms with Gasteiger partial charge in [0.2, 0.25) is 15.8 Å². The average Bonchev–Trinajstić information content (AvgIpc) is 2.74. The normalized spacial score (nSPS) is 11.2. The van der Waals surface area contributed by atoms with Crippen molar-refractivity contribution in [3.05, 3.63) is 64.3 Å². The molecule has 1 aromatic heterocycles. The standard InChI is InChI=1S/C19H12Cl2F2N2O6S/c20-15-17(16(21)19(25-18(15)23)24-8-14(27)28)31-10-3-6-12(26)13(7-10)32(29,30)11-4-1-9(22)2-5-11/h1-7,26H,8H2,(H,24,25)(H,27,28). The van der Waals surface area contributed by atoms with E-state index in [0.717, 1.165) is 42.5 Å². The first-order valence-corrected chi connectivity index (χ1v) is 10.8. The van der Waals surface area contributed by atoms with E-state index in [0.29, 0.717) is 0 Å². The molecule has 0 aliphatic carbocycles. The quantitative estimate of drug-likeness (QED) is 0.317. The van der Waals surface area contributed by atoms with Gasteiger partial charge < -0.3 is 20.3 Å². The second-order valence-corrected chi connectivity index (χ2v) is 8.82. The summed E-state index contributed by atoms with van der Waals surface area (Å²) in [6.07, 6.45) is 0. The Morgan fingerprint density at radius 2 is 1.75 bits per heavy atom. The van der Waals surface area contributed by atoms with Crippen LogP contribution < -0.4 is 10.1 Å². The number of pyridine rings is 1. The van der Waals surface area contributed by atoms with E-state index in [1.165, 1.54) is 0 Å². The Morgan fingerprint density at radius 1 is 1.09 bits per heavy atom. The lowest BCUT2D eigenvalue weighted by molar-refractivity contribution is -0.134. The van der Waals surface area contributed by atoms with Crippen molar-refractivity contribution >= 4 is 44.8 Å². The van der Waals surface area contributed by atoms with Crippen molar-refractivity contribution in [1.82, 2.24) is 4.98 Å². The first kappa shape index (κ1) is 23.5. The molecule has 13 heteroatoms. The van der Waals surface area contributed by atoms with Crippen molar-refractivity contribution in [2.45, 2.75) is 9.79 Å². The molecule has 3 rings (SSSR count). The van der Waals surface area contributed by atoms with Gasteiger partial charge in [0, 0.05) is 6.07 Å². The van der Waals surface area contributed by atoms with E-state index in [1.807, 2.05) is 0 Å². The minimum Gasteiger partial charge on any atom is -0.507 e. The SMILES string of the molecule is O=C(O)CNc1nc(F)c(Cl)c(Oc2ccc(O)c(S(=O)(=O)c3ccc(F)cc3)c2)c1Cl. The Bertz CT molecular complexity index is 1300. The van der Waals surface area contributed by atoms with Gasteiger partial charge in [-0.3, -0.25) is 4.79 Å². The van der Waals surface area contributed by atoms with Gasteiger partial charge in [-0.15, -0.1) is 0 Å². The summed E-state index contributed by atoms with van der Waals surface area (Å²) in [5.74, 6) is -4.81. The molecular weight excluding hydrogens is 493 g/mol. The number of aliphatic carboxylic acids is 1. The molecule has 0 amide bonds. The Balaban J connectivity index is 2.03. The molecular formula is C19H12Cl2F2N2O6S. The van der Waals surface area contributed by atoms with Gasteiger partial charge in [0.1, 0.15) is 38.8 Å². The van der Waals surface area contributed by atoms with Crippen LogP contribution in [0.4, 0.5) is 14.6 Å². The second kappa shape index (κ2) is 9.15. The van der Waals surface area contributed by atoms with Crippen LogP contribution >= 0.6 is 23.2 Å². The van der Waals surface area contributed by atoms with Crippen molar-refractivity contribution in [2.75, 3.05) is 11.9 Å². The highest BCUT2D eigenvalue weighted by molar-refractivity contribution is 7.91. The first-order valence-electron chi connectivity index (χ1n) is 8.52. The maximum Gasteiger partial charge on any atom is 0.322 e. The number of rotatable bonds is 7. The number of benzene rings is 2. The van der Waals surface area contributed by atoms with E-state index in [9.17, 15) is 27.1 Å². The smallest absolute Gasteiger partial charge is 0.322 e. The van der Waals surface area contributed by atoms with Gasteiger partial charge in [-0.1, -0.05) is 23.2 Å². The number of carboxylic acid groups (broad SMARTS) is 1. The van der Waals surface area contributed by atoms with E-state index in [4.69, 9.17) is 33.0 Å². The van der Waals surface area contributed by atoms with Crippen molar-refractivity contribution in [3.63, 3.8) is 0 Å². The molecule has 0 fully saturated rings. The minimum atomic E-state index is -4.28. The minimum absolute atomic E-state index is 0.206. The molecule has 0 saturated carbocycles. The van der Waals surface area contributed by atoms with Crippen molar-refractivity contribution in [1.29, 1.82) is 0 Å². The number of halogens is 4. The monoisotopic (exact) mass is 504 g/mol. The topological polar surface area (TPSA) is 126 Å². The molecule has 0 atom stereocenters. The summed E-state index contributed by atoms with van der Waals surface area (Å²) in [6, 6.07) is 7.02. The van der Waals surface area contributed by atoms with E-state index in [-0.39, 0.29) is 21.5 Å². The fourth-order valence-corrected chi connectivity index (χ4v) is 4.32. The molecule has 0 aliphatic rings. The summed E-state index contributed by atoms with van der Waals surface area (Å²) in [6.45, 7) is -0.632. The Morgan fingerprint density at radius 3 is 2.38 bits per heavy atom. The van der Waals surface area contributed by atoms with Crippen LogP contribution in [0.5, 0.6) is 17.2 Å². The van der Waals surface area contributed by atoms with Gasteiger partial charge in [-0.25, -0.2) is 12.8 Å². The predicted octanol–water partition coefficient (Wildman–Crippen LogP) is 4.49. The molecule has 2 aromatic carbocycles. The lowest BCUT2D eigenvalue weighted by Gasteiger charge is -2.14. The van der Waals surface area contributed by atoms with E-state index in [1.54, 1.807) is 0 Å². The van der Waals surface area contributed by atoms with Gasteiger partial charge in [0.05, 0.1) is 4.90 Å². The summed E-state index contributed by atoms with van der Waals surface area (Å²) in [4.78, 5) is 13.3. The highest BCUT2D eigenvalue weighted by Crippen LogP contribution is 2.42. The van der Waals surface area contributed by atoms with Gasteiger partial charge in [0.25, 0.3) is 0 Å². The summed E-state index contributed by atoms with van der Waals surface area (Å²) >= 11 is 12.0. The summed E-state index contributed by atoms with van der Waals surface area (Å²) in [7, 11) is -4.28. The number of hydrogen-bond acceptors (Lipinski definition) is 7. The molecule has 0 saturated heterocycles. The number of aromatic nitrogens is 1. The molecule has 32 heavy (non-hydrogen) atoms. The van der Waals surface area contributed by atoms with Crippen molar-refractivity contribution in [2.24, 2.45) is 0 Å². The molecule has 0 spiro atoms. The average molecular weight is 505 g/mol. The summed E-state index contributed by atoms with van der Waals surface area (Å²) in [5.41, 5.74) is 0. The lowest BCUT2D eigenvalue weighted by atomic mass is 10.3. The number of nitrogens with zero attached hydrogens (tertiary/aromatic N) is 1. The maximum absolute atomic E-state index is 14.1. The zero-order chi connectivity index (χ0) is 23.6. The molecule has 3 N–H and O–H groups in total. The van der Waals surface area contributed by atoms with E-state index < -0.39 is 55.5 Å². The summed E-state index contributed by atoms with van der Waals surface area (Å²) < 4.78 is 58.4. The maximum atomic E-state index is 14.1. The third kappa shape index (κ3) is 4.85. The summed E-state index contributed by atoms with van der Waals surface area (Å²) in [5, 5.41) is 20.1. The van der Waals surface area contributed by atoms with Gasteiger partial charge in [-0.2, -0.15) is 9.37 Å². The van der Waals surface area contributed by atoms with Crippen LogP contribution in [-0.2, 0) is 14.6 Å². The van der Waals surface area contributed by atoms with Crippen LogP contribution in [0.25, 0.3) is 0 Å². The molecule has 0 bridgehead atoms. The van der Waals surface area contributed by atoms with E-state index >= 15 is 0 Å². The molecule has 0 aliphatic heterocycles. The number of ether oxygens (including phenoxy) is 1. The number of nitrogens with one attached hydrogen (secondary N) is 1. The number of carbonyl (C=O) groups is 1. The van der Waals surface area contributed by atoms with Crippen LogP contribution in [-0.4, -0.2) is 36.1 Å². The second-order valence-electron chi connectivity index (χ2n) is 6.14. The first-order chi connectivity index (χ1) is 15.0. The van der Waals surface area contributed by atoms with Crippen LogP contribution in [0.15, 0.2) is 52.3 Å². The van der Waals surface area contributed by atoms with E-state index in [2.05, 4.69) is 10.3 Å². The van der Waals surface area contributed by atoms with Gasteiger partial charge in [-0.05, 0) is 36.4 Å². The fraction of sp³-hybridized carbons (Fsp3) is 0.0526. The van der Waals surface area contributed by atoms with Gasteiger partial charge >= 0.3 is 5.97 Å². The number of phenols is 1. The van der Waals surface area contributed by atoms with Crippen LogP contribution in [0.2, 0.25) is 10.0 Å². The molecule has 0 unspecified atom stereocenters. The zero-order valence-electron chi connectivity index (χ0n) is 15.6. The molecule has 1 heterocycles. The number of anilines is 1. The predicted molar refractivity (Wildman–Crippen MR) is 110 cm³/mol. The van der Waals surface area contributed by atoms with Crippen LogP contribution in [0.1, 0.15) is 0 Å². The third-order valence-corrected chi connectivity index (χ3v) is 6.45. The Kier molecular flexibility index (Phi) is 6.72. The van der Waals surface area contributed by atoms with Gasteiger partial charge in [0.15, 0.2) is 11.6 Å². The number of carboxylic acids is 1. The molecule has 3 aromatic rings. The van der Waals surface area contributed by atoms with Crippen molar-refractivity contribution < 1.29 is 36.9 Å². The largest absolute Gasteiger partial charge is 0.507 e. The van der Waals surface area contributed by atoms with Crippen molar-refractivity contribution in [3.8, 4) is 17.2 Å². The zero-order valence-corrected chi connectivity index (χ0v) is 18.0. The highest BCUT2D eigenvalue weighted by atomic mass is 35.5. The number of aromatic hydroxyl groups is 1. The highest BCUT2D eigenvalue weighted by Gasteiger charge is 2.24. The fourth-order valence-electron chi connectivity index (χ4n) is 2.49. The Hall–Kier alpha value is -3.15. The van der Waals surface area contributed by atoms with Crippen LogP contribution in [0.3, 0.4) is 0 Å². The number of phenolic OH excluding ortho intramolecular Hbond substituents is 1. The Labute approximate surface area is 189 Å².